The molecule has 0 bridgehead atoms. The Hall–Kier alpha value is -1.22. The van der Waals surface area contributed by atoms with Gasteiger partial charge >= 0.3 is 6.09 Å². The highest BCUT2D eigenvalue weighted by Gasteiger charge is 2.12. The van der Waals surface area contributed by atoms with Crippen LogP contribution in [0.4, 0.5) is 4.79 Å². The number of methoxy groups -OCH3 is 1. The van der Waals surface area contributed by atoms with Crippen LogP contribution in [0.5, 0.6) is 0 Å². The number of ether oxygens (including phenoxy) is 1. The van der Waals surface area contributed by atoms with Crippen LogP contribution in [0.15, 0.2) is 30.3 Å². The van der Waals surface area contributed by atoms with Gasteiger partial charge in [0.05, 0.1) is 7.11 Å². The summed E-state index contributed by atoms with van der Waals surface area (Å²) in [6.45, 7) is 0. The third kappa shape index (κ3) is 4.53. The van der Waals surface area contributed by atoms with Crippen molar-refractivity contribution in [2.24, 2.45) is 0 Å². The lowest BCUT2D eigenvalue weighted by Crippen LogP contribution is -2.36. The summed E-state index contributed by atoms with van der Waals surface area (Å²) in [5.74, 6) is 0.515. The summed E-state index contributed by atoms with van der Waals surface area (Å²) in [5.41, 5.74) is 1.18. The third-order valence-corrected chi connectivity index (χ3v) is 2.51. The summed E-state index contributed by atoms with van der Waals surface area (Å²) in [7, 11) is 1.36. The van der Waals surface area contributed by atoms with Crippen molar-refractivity contribution >= 4 is 17.7 Å². The first-order chi connectivity index (χ1) is 7.76. The summed E-state index contributed by atoms with van der Waals surface area (Å²) in [5, 5.41) is 2.77. The molecule has 0 saturated carbocycles. The van der Waals surface area contributed by atoms with Crippen molar-refractivity contribution in [1.82, 2.24) is 5.32 Å². The second-order valence-electron chi connectivity index (χ2n) is 3.50. The van der Waals surface area contributed by atoms with Crippen LogP contribution in [0.25, 0.3) is 0 Å². The van der Waals surface area contributed by atoms with Crippen LogP contribution < -0.4 is 5.32 Å². The van der Waals surface area contributed by atoms with E-state index >= 15 is 0 Å². The molecule has 1 N–H and O–H groups in total. The van der Waals surface area contributed by atoms with E-state index in [2.05, 4.69) is 10.1 Å². The van der Waals surface area contributed by atoms with E-state index in [-0.39, 0.29) is 6.04 Å². The van der Waals surface area contributed by atoms with Crippen LogP contribution in [0.3, 0.4) is 0 Å². The monoisotopic (exact) mass is 241 g/mol. The molecule has 1 unspecified atom stereocenters. The molecule has 0 aliphatic carbocycles. The Kier molecular flexibility index (Phi) is 5.72. The highest BCUT2D eigenvalue weighted by Crippen LogP contribution is 2.06. The van der Waals surface area contributed by atoms with Crippen molar-refractivity contribution in [3.05, 3.63) is 35.9 Å². The molecule has 0 aliphatic heterocycles. The van der Waals surface area contributed by atoms with Crippen LogP contribution in [-0.4, -0.2) is 25.1 Å². The normalized spacial score (nSPS) is 11.9. The molecular weight excluding hydrogens is 226 g/mol. The zero-order valence-electron chi connectivity index (χ0n) is 9.28. The highest BCUT2D eigenvalue weighted by atomic mass is 35.5. The summed E-state index contributed by atoms with van der Waals surface area (Å²) in [4.78, 5) is 11.1. The van der Waals surface area contributed by atoms with Crippen LogP contribution in [0.1, 0.15) is 12.0 Å². The summed E-state index contributed by atoms with van der Waals surface area (Å²) < 4.78 is 4.57. The average Bonchev–Trinajstić information content (AvgIpc) is 2.30. The molecule has 16 heavy (non-hydrogen) atoms. The van der Waals surface area contributed by atoms with E-state index in [1.54, 1.807) is 0 Å². The van der Waals surface area contributed by atoms with Crippen molar-refractivity contribution in [3.63, 3.8) is 0 Å². The molecule has 88 valence electrons. The number of nitrogens with one attached hydrogen (secondary N) is 1. The van der Waals surface area contributed by atoms with Gasteiger partial charge in [0.1, 0.15) is 0 Å². The van der Waals surface area contributed by atoms with Crippen molar-refractivity contribution in [2.75, 3.05) is 13.0 Å². The number of halogens is 1. The number of alkyl carbamates (subject to hydrolysis) is 1. The molecule has 1 amide bonds. The molecule has 0 spiro atoms. The summed E-state index contributed by atoms with van der Waals surface area (Å²) in [6, 6.07) is 10.00. The standard InChI is InChI=1S/C12H16ClNO2/c1-16-12(15)14-11(7-8-13)9-10-5-3-2-4-6-10/h2-6,11H,7-9H2,1H3,(H,14,15). The van der Waals surface area contributed by atoms with Gasteiger partial charge in [-0.05, 0) is 18.4 Å². The molecule has 3 nitrogen and oxygen atoms in total. The van der Waals surface area contributed by atoms with Gasteiger partial charge in [-0.1, -0.05) is 30.3 Å². The number of hydrogen-bond acceptors (Lipinski definition) is 2. The molecule has 0 fully saturated rings. The fraction of sp³-hybridized carbons (Fsp3) is 0.417. The van der Waals surface area contributed by atoms with E-state index in [0.29, 0.717) is 5.88 Å². The Morgan fingerprint density at radius 2 is 2.12 bits per heavy atom. The van der Waals surface area contributed by atoms with Gasteiger partial charge in [-0.2, -0.15) is 0 Å². The SMILES string of the molecule is COC(=O)NC(CCCl)Cc1ccccc1. The minimum absolute atomic E-state index is 0.0207. The lowest BCUT2D eigenvalue weighted by Gasteiger charge is -2.16. The number of carbonyl (C=O) groups is 1. The lowest BCUT2D eigenvalue weighted by molar-refractivity contribution is 0.166. The number of carbonyl (C=O) groups excluding carboxylic acids is 1. The maximum Gasteiger partial charge on any atom is 0.407 e. The Morgan fingerprint density at radius 3 is 2.69 bits per heavy atom. The molecule has 1 aromatic rings. The molecule has 0 saturated heterocycles. The fourth-order valence-electron chi connectivity index (χ4n) is 1.48. The Morgan fingerprint density at radius 1 is 1.44 bits per heavy atom. The Labute approximate surface area is 101 Å². The molecule has 0 aromatic heterocycles. The zero-order valence-corrected chi connectivity index (χ0v) is 10.0. The molecule has 1 rings (SSSR count). The number of amides is 1. The third-order valence-electron chi connectivity index (χ3n) is 2.29. The topological polar surface area (TPSA) is 38.3 Å². The predicted octanol–water partition coefficient (Wildman–Crippen LogP) is 2.58. The van der Waals surface area contributed by atoms with Crippen LogP contribution >= 0.6 is 11.6 Å². The van der Waals surface area contributed by atoms with Gasteiger partial charge in [-0.15, -0.1) is 11.6 Å². The highest BCUT2D eigenvalue weighted by molar-refractivity contribution is 6.17. The van der Waals surface area contributed by atoms with E-state index in [9.17, 15) is 4.79 Å². The number of benzene rings is 1. The fourth-order valence-corrected chi connectivity index (χ4v) is 1.74. The maximum absolute atomic E-state index is 11.1. The van der Waals surface area contributed by atoms with Crippen molar-refractivity contribution < 1.29 is 9.53 Å². The number of hydrogen-bond donors (Lipinski definition) is 1. The molecule has 0 aliphatic rings. The molecule has 0 heterocycles. The second kappa shape index (κ2) is 7.12. The lowest BCUT2D eigenvalue weighted by atomic mass is 10.0. The van der Waals surface area contributed by atoms with E-state index in [4.69, 9.17) is 11.6 Å². The molecule has 1 atom stereocenters. The Bertz CT molecular complexity index is 316. The van der Waals surface area contributed by atoms with Gasteiger partial charge in [-0.25, -0.2) is 4.79 Å². The number of rotatable bonds is 5. The quantitative estimate of drug-likeness (QED) is 0.805. The minimum Gasteiger partial charge on any atom is -0.453 e. The van der Waals surface area contributed by atoms with E-state index < -0.39 is 6.09 Å². The first-order valence-electron chi connectivity index (χ1n) is 5.20. The first-order valence-corrected chi connectivity index (χ1v) is 5.74. The number of alkyl halides is 1. The van der Waals surface area contributed by atoms with Crippen molar-refractivity contribution in [1.29, 1.82) is 0 Å². The van der Waals surface area contributed by atoms with Crippen LogP contribution in [0, 0.1) is 0 Å². The zero-order chi connectivity index (χ0) is 11.8. The molecule has 4 heteroatoms. The maximum atomic E-state index is 11.1. The first kappa shape index (κ1) is 12.8. The van der Waals surface area contributed by atoms with Crippen LogP contribution in [0.2, 0.25) is 0 Å². The van der Waals surface area contributed by atoms with E-state index in [1.807, 2.05) is 30.3 Å². The molecule has 1 aromatic carbocycles. The summed E-state index contributed by atoms with van der Waals surface area (Å²) in [6.07, 6.45) is 1.08. The van der Waals surface area contributed by atoms with Crippen LogP contribution in [-0.2, 0) is 11.2 Å². The molecular formula is C12H16ClNO2. The van der Waals surface area contributed by atoms with Crippen molar-refractivity contribution in [3.8, 4) is 0 Å². The summed E-state index contributed by atoms with van der Waals surface area (Å²) >= 11 is 5.70. The second-order valence-corrected chi connectivity index (χ2v) is 3.88. The van der Waals surface area contributed by atoms with E-state index in [0.717, 1.165) is 12.8 Å². The largest absolute Gasteiger partial charge is 0.453 e. The molecule has 0 radical (unpaired) electrons. The van der Waals surface area contributed by atoms with Gasteiger partial charge in [0.25, 0.3) is 0 Å². The smallest absolute Gasteiger partial charge is 0.407 e. The van der Waals surface area contributed by atoms with Gasteiger partial charge in [0.15, 0.2) is 0 Å². The van der Waals surface area contributed by atoms with Crippen molar-refractivity contribution in [2.45, 2.75) is 18.9 Å². The minimum atomic E-state index is -0.411. The van der Waals surface area contributed by atoms with Gasteiger partial charge < -0.3 is 10.1 Å². The van der Waals surface area contributed by atoms with Gasteiger partial charge in [-0.3, -0.25) is 0 Å². The van der Waals surface area contributed by atoms with Gasteiger partial charge in [0.2, 0.25) is 0 Å². The van der Waals surface area contributed by atoms with Gasteiger partial charge in [0, 0.05) is 11.9 Å². The predicted molar refractivity (Wildman–Crippen MR) is 64.8 cm³/mol. The Balaban J connectivity index is 2.54. The van der Waals surface area contributed by atoms with E-state index in [1.165, 1.54) is 12.7 Å². The average molecular weight is 242 g/mol.